The van der Waals surface area contributed by atoms with Gasteiger partial charge in [0.1, 0.15) is 13.2 Å². The van der Waals surface area contributed by atoms with Crippen molar-refractivity contribution in [2.75, 3.05) is 25.2 Å². The monoisotopic (exact) mass is 511 g/mol. The fraction of sp³-hybridized carbons (Fsp3) is 0.200. The highest BCUT2D eigenvalue weighted by atomic mass is 16.6. The average Bonchev–Trinajstić information content (AvgIpc) is 3.51. The maximum atomic E-state index is 13.9. The number of methoxy groups -OCH3 is 1. The Morgan fingerprint density at radius 2 is 1.79 bits per heavy atom. The zero-order valence-corrected chi connectivity index (χ0v) is 20.9. The number of nitrogens with zero attached hydrogens (tertiary/aromatic N) is 1. The molecule has 3 aromatic carbocycles. The third-order valence-corrected chi connectivity index (χ3v) is 6.91. The van der Waals surface area contributed by atoms with Crippen molar-refractivity contribution in [1.29, 1.82) is 0 Å². The zero-order chi connectivity index (χ0) is 26.4. The lowest BCUT2D eigenvalue weighted by Crippen LogP contribution is -2.31. The Labute approximate surface area is 218 Å². The number of rotatable bonds is 6. The molecule has 1 N–H and O–H groups in total. The Morgan fingerprint density at radius 1 is 1.03 bits per heavy atom. The second-order valence-electron chi connectivity index (χ2n) is 9.08. The number of fused-ring (bicyclic) bond motifs is 2. The highest BCUT2D eigenvalue weighted by Gasteiger charge is 2.45. The van der Waals surface area contributed by atoms with E-state index in [-0.39, 0.29) is 11.3 Å². The fourth-order valence-electron chi connectivity index (χ4n) is 4.98. The summed E-state index contributed by atoms with van der Waals surface area (Å²) in [6.45, 7) is 2.87. The summed E-state index contributed by atoms with van der Waals surface area (Å²) in [5.41, 5.74) is 2.59. The van der Waals surface area contributed by atoms with Gasteiger partial charge >= 0.3 is 0 Å². The molecule has 0 aliphatic carbocycles. The van der Waals surface area contributed by atoms with Crippen LogP contribution in [-0.4, -0.2) is 37.1 Å². The van der Waals surface area contributed by atoms with Crippen LogP contribution in [0.2, 0.25) is 0 Å². The molecule has 3 heterocycles. The molecule has 1 unspecified atom stereocenters. The fourth-order valence-corrected chi connectivity index (χ4v) is 4.98. The number of ketones is 1. The summed E-state index contributed by atoms with van der Waals surface area (Å²) in [4.78, 5) is 28.9. The first-order valence-corrected chi connectivity index (χ1v) is 12.4. The van der Waals surface area contributed by atoms with E-state index < -0.39 is 23.5 Å². The maximum absolute atomic E-state index is 13.9. The minimum absolute atomic E-state index is 0.00180. The number of hydrogen-bond acceptors (Lipinski definition) is 7. The first-order valence-electron chi connectivity index (χ1n) is 12.4. The van der Waals surface area contributed by atoms with Crippen LogP contribution in [0, 0.1) is 0 Å². The van der Waals surface area contributed by atoms with Crippen LogP contribution in [0.1, 0.15) is 34.6 Å². The SMILES string of the molecule is CCc1ccc(C2C(C(=O)c3cc4cccc(OC)c4o3)=C(O)C(=O)N2c2ccc3c(c2)OCCO3)cc1. The summed E-state index contributed by atoms with van der Waals surface area (Å²) in [5.74, 6) is -0.362. The van der Waals surface area contributed by atoms with Crippen molar-refractivity contribution in [2.24, 2.45) is 0 Å². The number of aliphatic hydroxyl groups is 1. The Kier molecular flexibility index (Phi) is 5.79. The first kappa shape index (κ1) is 23.7. The number of benzene rings is 3. The van der Waals surface area contributed by atoms with Gasteiger partial charge in [-0.05, 0) is 41.8 Å². The summed E-state index contributed by atoms with van der Waals surface area (Å²) in [7, 11) is 1.52. The predicted octanol–water partition coefficient (Wildman–Crippen LogP) is 5.56. The van der Waals surface area contributed by atoms with E-state index in [1.54, 1.807) is 42.5 Å². The van der Waals surface area contributed by atoms with Crippen molar-refractivity contribution in [3.8, 4) is 17.2 Å². The number of amides is 1. The van der Waals surface area contributed by atoms with Gasteiger partial charge in [-0.15, -0.1) is 0 Å². The summed E-state index contributed by atoms with van der Waals surface area (Å²) in [6, 6.07) is 18.8. The van der Waals surface area contributed by atoms with E-state index in [9.17, 15) is 14.7 Å². The Balaban J connectivity index is 1.48. The van der Waals surface area contributed by atoms with E-state index in [0.29, 0.717) is 52.7 Å². The summed E-state index contributed by atoms with van der Waals surface area (Å²) in [5, 5.41) is 11.8. The van der Waals surface area contributed by atoms with Crippen LogP contribution in [0.15, 0.2) is 82.5 Å². The van der Waals surface area contributed by atoms with E-state index in [1.807, 2.05) is 31.2 Å². The van der Waals surface area contributed by atoms with Crippen molar-refractivity contribution in [2.45, 2.75) is 19.4 Å². The van der Waals surface area contributed by atoms with Crippen molar-refractivity contribution >= 4 is 28.3 Å². The number of furan rings is 1. The Morgan fingerprint density at radius 3 is 2.53 bits per heavy atom. The molecule has 8 nitrogen and oxygen atoms in total. The van der Waals surface area contributed by atoms with Gasteiger partial charge in [-0.1, -0.05) is 43.3 Å². The van der Waals surface area contributed by atoms with Crippen LogP contribution in [0.4, 0.5) is 5.69 Å². The van der Waals surface area contributed by atoms with Crippen LogP contribution < -0.4 is 19.1 Å². The molecular formula is C30H25NO7. The number of aliphatic hydroxyl groups excluding tert-OH is 1. The largest absolute Gasteiger partial charge is 0.503 e. The molecule has 38 heavy (non-hydrogen) atoms. The number of anilines is 1. The number of hydrogen-bond donors (Lipinski definition) is 1. The van der Waals surface area contributed by atoms with Gasteiger partial charge in [-0.25, -0.2) is 0 Å². The van der Waals surface area contributed by atoms with Crippen molar-refractivity contribution < 1.29 is 33.3 Å². The molecule has 1 aromatic heterocycles. The Bertz CT molecular complexity index is 1600. The lowest BCUT2D eigenvalue weighted by molar-refractivity contribution is -0.117. The van der Waals surface area contributed by atoms with Crippen LogP contribution in [0.3, 0.4) is 0 Å². The molecule has 0 bridgehead atoms. The van der Waals surface area contributed by atoms with Gasteiger partial charge < -0.3 is 23.7 Å². The molecule has 6 rings (SSSR count). The topological polar surface area (TPSA) is 98.4 Å². The average molecular weight is 512 g/mol. The maximum Gasteiger partial charge on any atom is 0.294 e. The second kappa shape index (κ2) is 9.30. The number of Topliss-reactive ketones (excluding diaryl/α,β-unsaturated/α-hetero) is 1. The van der Waals surface area contributed by atoms with Crippen molar-refractivity contribution in [3.05, 3.63) is 94.9 Å². The standard InChI is InChI=1S/C30H25NO7/c1-3-17-7-9-18(10-8-17)26-25(27(32)24-15-19-5-4-6-22(35-2)29(19)38-24)28(33)30(34)31(26)20-11-12-21-23(16-20)37-14-13-36-21/h4-12,15-16,26,33H,3,13-14H2,1-2H3. The van der Waals surface area contributed by atoms with Crippen LogP contribution >= 0.6 is 0 Å². The van der Waals surface area contributed by atoms with Gasteiger partial charge in [0.2, 0.25) is 5.78 Å². The van der Waals surface area contributed by atoms with Gasteiger partial charge in [0.15, 0.2) is 34.4 Å². The Hall–Kier alpha value is -4.72. The minimum atomic E-state index is -0.890. The first-order chi connectivity index (χ1) is 18.5. The third kappa shape index (κ3) is 3.76. The highest BCUT2D eigenvalue weighted by Crippen LogP contribution is 2.45. The lowest BCUT2D eigenvalue weighted by Gasteiger charge is -2.28. The van der Waals surface area contributed by atoms with Crippen LogP contribution in [0.25, 0.3) is 11.0 Å². The van der Waals surface area contributed by atoms with Crippen molar-refractivity contribution in [3.63, 3.8) is 0 Å². The van der Waals surface area contributed by atoms with Gasteiger partial charge in [0.25, 0.3) is 5.91 Å². The number of aryl methyl sites for hydroxylation is 1. The smallest absolute Gasteiger partial charge is 0.294 e. The van der Waals surface area contributed by atoms with E-state index in [4.69, 9.17) is 18.6 Å². The van der Waals surface area contributed by atoms with E-state index in [0.717, 1.165) is 12.0 Å². The molecule has 1 amide bonds. The number of carbonyl (C=O) groups excluding carboxylic acids is 2. The van der Waals surface area contributed by atoms with Gasteiger partial charge in [-0.2, -0.15) is 0 Å². The molecule has 0 saturated heterocycles. The summed E-state index contributed by atoms with van der Waals surface area (Å²) in [6.07, 6.45) is 0.837. The number of ether oxygens (including phenoxy) is 3. The van der Waals surface area contributed by atoms with E-state index >= 15 is 0 Å². The molecule has 0 saturated carbocycles. The molecular weight excluding hydrogens is 486 g/mol. The molecule has 192 valence electrons. The molecule has 8 heteroatoms. The third-order valence-electron chi connectivity index (χ3n) is 6.91. The molecule has 2 aliphatic rings. The van der Waals surface area contributed by atoms with Gasteiger partial charge in [-0.3, -0.25) is 14.5 Å². The summed E-state index contributed by atoms with van der Waals surface area (Å²) < 4.78 is 22.6. The normalized spacial score (nSPS) is 16.8. The predicted molar refractivity (Wildman–Crippen MR) is 140 cm³/mol. The number of carbonyl (C=O) groups is 2. The second-order valence-corrected chi connectivity index (χ2v) is 9.08. The van der Waals surface area contributed by atoms with Crippen molar-refractivity contribution in [1.82, 2.24) is 0 Å². The minimum Gasteiger partial charge on any atom is -0.503 e. The highest BCUT2D eigenvalue weighted by molar-refractivity contribution is 6.20. The molecule has 0 spiro atoms. The van der Waals surface area contributed by atoms with E-state index in [1.165, 1.54) is 12.0 Å². The molecule has 4 aromatic rings. The lowest BCUT2D eigenvalue weighted by atomic mass is 9.93. The molecule has 0 radical (unpaired) electrons. The summed E-state index contributed by atoms with van der Waals surface area (Å²) >= 11 is 0. The van der Waals surface area contributed by atoms with Gasteiger partial charge in [0, 0.05) is 17.1 Å². The molecule has 0 fully saturated rings. The number of para-hydroxylation sites is 1. The quantitative estimate of drug-likeness (QED) is 0.339. The molecule has 1 atom stereocenters. The van der Waals surface area contributed by atoms with Gasteiger partial charge in [0.05, 0.1) is 18.7 Å². The van der Waals surface area contributed by atoms with Crippen LogP contribution in [0.5, 0.6) is 17.2 Å². The van der Waals surface area contributed by atoms with Crippen LogP contribution in [-0.2, 0) is 11.2 Å². The zero-order valence-electron chi connectivity index (χ0n) is 20.9. The van der Waals surface area contributed by atoms with E-state index in [2.05, 4.69) is 0 Å². The molecule has 2 aliphatic heterocycles.